The predicted molar refractivity (Wildman–Crippen MR) is 98.4 cm³/mol. The maximum Gasteiger partial charge on any atom is 0.416 e. The molecule has 3 aromatic rings. The lowest BCUT2D eigenvalue weighted by atomic mass is 9.94. The van der Waals surface area contributed by atoms with Crippen molar-refractivity contribution in [2.75, 3.05) is 0 Å². The predicted octanol–water partition coefficient (Wildman–Crippen LogP) is 4.85. The Morgan fingerprint density at radius 1 is 1.07 bits per heavy atom. The van der Waals surface area contributed by atoms with Crippen molar-refractivity contribution in [1.29, 1.82) is 0 Å². The second-order valence-corrected chi connectivity index (χ2v) is 7.08. The van der Waals surface area contributed by atoms with E-state index in [0.717, 1.165) is 17.8 Å². The van der Waals surface area contributed by atoms with E-state index in [-0.39, 0.29) is 11.8 Å². The monoisotopic (exact) mass is 385 g/mol. The molecular weight excluding hydrogens is 367 g/mol. The maximum absolute atomic E-state index is 13.2. The average molecular weight is 385 g/mol. The topological polar surface area (TPSA) is 46.9 Å². The summed E-state index contributed by atoms with van der Waals surface area (Å²) in [6.45, 7) is 3.90. The Labute approximate surface area is 160 Å². The lowest BCUT2D eigenvalue weighted by Gasteiger charge is -2.16. The summed E-state index contributed by atoms with van der Waals surface area (Å²) in [4.78, 5) is 12.8. The highest BCUT2D eigenvalue weighted by Crippen LogP contribution is 2.39. The fourth-order valence-corrected chi connectivity index (χ4v) is 3.55. The van der Waals surface area contributed by atoms with Gasteiger partial charge < -0.3 is 5.32 Å². The van der Waals surface area contributed by atoms with E-state index in [0.29, 0.717) is 22.5 Å². The molecule has 4 rings (SSSR count). The van der Waals surface area contributed by atoms with Crippen LogP contribution in [-0.4, -0.2) is 15.7 Å². The fourth-order valence-electron chi connectivity index (χ4n) is 3.55. The van der Waals surface area contributed by atoms with Crippen LogP contribution in [0.4, 0.5) is 13.2 Å². The van der Waals surface area contributed by atoms with Crippen molar-refractivity contribution in [3.05, 3.63) is 82.7 Å². The normalized spacial score (nSPS) is 16.4. The van der Waals surface area contributed by atoms with Crippen molar-refractivity contribution in [3.63, 3.8) is 0 Å². The minimum atomic E-state index is -4.45. The van der Waals surface area contributed by atoms with Crippen LogP contribution >= 0.6 is 0 Å². The van der Waals surface area contributed by atoms with Gasteiger partial charge in [0, 0.05) is 5.56 Å². The number of alkyl halides is 3. The molecule has 4 nitrogen and oxygen atoms in total. The van der Waals surface area contributed by atoms with Crippen LogP contribution in [0, 0.1) is 0 Å². The molecule has 1 unspecified atom stereocenters. The molecule has 1 amide bonds. The summed E-state index contributed by atoms with van der Waals surface area (Å²) in [5.74, 6) is -0.347. The molecule has 0 bridgehead atoms. The number of amides is 1. The van der Waals surface area contributed by atoms with Gasteiger partial charge in [-0.1, -0.05) is 44.2 Å². The summed E-state index contributed by atoms with van der Waals surface area (Å²) >= 11 is 0. The quantitative estimate of drug-likeness (QED) is 0.701. The van der Waals surface area contributed by atoms with Gasteiger partial charge in [-0.2, -0.15) is 18.3 Å². The fraction of sp³-hybridized carbons (Fsp3) is 0.238. The summed E-state index contributed by atoms with van der Waals surface area (Å²) in [5, 5.41) is 7.47. The number of nitrogens with one attached hydrogen (secondary N) is 1. The Bertz CT molecular complexity index is 1040. The van der Waals surface area contributed by atoms with Crippen molar-refractivity contribution in [2.24, 2.45) is 0 Å². The standard InChI is InChI=1S/C21H18F3N3O/c1-12(2)17-16-18(13-7-6-8-14(11-13)21(22,23)24)25-20(28)19(16)27(26-17)15-9-4-3-5-10-15/h3-12,18H,1-2H3,(H,25,28). The Morgan fingerprint density at radius 3 is 2.43 bits per heavy atom. The zero-order valence-electron chi connectivity index (χ0n) is 15.3. The summed E-state index contributed by atoms with van der Waals surface area (Å²) in [7, 11) is 0. The largest absolute Gasteiger partial charge is 0.416 e. The molecule has 28 heavy (non-hydrogen) atoms. The average Bonchev–Trinajstić information content (AvgIpc) is 3.21. The van der Waals surface area contributed by atoms with Crippen molar-refractivity contribution < 1.29 is 18.0 Å². The van der Waals surface area contributed by atoms with Gasteiger partial charge in [-0.3, -0.25) is 4.79 Å². The highest BCUT2D eigenvalue weighted by Gasteiger charge is 2.39. The first kappa shape index (κ1) is 18.3. The highest BCUT2D eigenvalue weighted by atomic mass is 19.4. The van der Waals surface area contributed by atoms with Gasteiger partial charge in [0.05, 0.1) is 23.0 Å². The van der Waals surface area contributed by atoms with E-state index in [9.17, 15) is 18.0 Å². The first-order valence-electron chi connectivity index (χ1n) is 8.93. The number of rotatable bonds is 3. The summed E-state index contributed by atoms with van der Waals surface area (Å²) in [6.07, 6.45) is -4.45. The third kappa shape index (κ3) is 2.96. The van der Waals surface area contributed by atoms with Crippen LogP contribution in [0.1, 0.15) is 58.7 Å². The van der Waals surface area contributed by atoms with Crippen molar-refractivity contribution in [3.8, 4) is 5.69 Å². The molecule has 7 heteroatoms. The first-order chi connectivity index (χ1) is 13.3. The molecule has 0 spiro atoms. The molecule has 144 valence electrons. The lowest BCUT2D eigenvalue weighted by Crippen LogP contribution is -2.23. The maximum atomic E-state index is 13.2. The molecule has 1 aliphatic heterocycles. The Kier molecular flexibility index (Phi) is 4.25. The molecule has 0 saturated carbocycles. The second kappa shape index (κ2) is 6.51. The molecule has 0 radical (unpaired) electrons. The Balaban J connectivity index is 1.89. The van der Waals surface area contributed by atoms with Gasteiger partial charge in [0.2, 0.25) is 0 Å². The number of fused-ring (bicyclic) bond motifs is 1. The molecule has 0 fully saturated rings. The van der Waals surface area contributed by atoms with E-state index >= 15 is 0 Å². The van der Waals surface area contributed by atoms with Gasteiger partial charge in [-0.25, -0.2) is 4.68 Å². The third-order valence-electron chi connectivity index (χ3n) is 4.82. The Morgan fingerprint density at radius 2 is 1.79 bits per heavy atom. The van der Waals surface area contributed by atoms with E-state index in [1.54, 1.807) is 10.7 Å². The van der Waals surface area contributed by atoms with Crippen LogP contribution in [-0.2, 0) is 6.18 Å². The van der Waals surface area contributed by atoms with Crippen molar-refractivity contribution in [1.82, 2.24) is 15.1 Å². The van der Waals surface area contributed by atoms with Crippen LogP contribution in [0.3, 0.4) is 0 Å². The number of hydrogen-bond donors (Lipinski definition) is 1. The summed E-state index contributed by atoms with van der Waals surface area (Å²) in [5.41, 5.74) is 2.08. The smallest absolute Gasteiger partial charge is 0.340 e. The van der Waals surface area contributed by atoms with E-state index in [1.165, 1.54) is 6.07 Å². The summed E-state index contributed by atoms with van der Waals surface area (Å²) in [6, 6.07) is 13.6. The number of hydrogen-bond acceptors (Lipinski definition) is 2. The van der Waals surface area contributed by atoms with Gasteiger partial charge in [0.25, 0.3) is 5.91 Å². The van der Waals surface area contributed by atoms with Crippen LogP contribution in [0.5, 0.6) is 0 Å². The Hall–Kier alpha value is -3.09. The van der Waals surface area contributed by atoms with E-state index in [4.69, 9.17) is 0 Å². The molecule has 2 heterocycles. The van der Waals surface area contributed by atoms with Crippen LogP contribution in [0.25, 0.3) is 5.69 Å². The number of aromatic nitrogens is 2. The molecule has 2 aromatic carbocycles. The van der Waals surface area contributed by atoms with Crippen molar-refractivity contribution in [2.45, 2.75) is 32.0 Å². The minimum absolute atomic E-state index is 0.000268. The first-order valence-corrected chi connectivity index (χ1v) is 8.93. The number of halogens is 3. The number of carbonyl (C=O) groups is 1. The zero-order valence-corrected chi connectivity index (χ0v) is 15.3. The summed E-state index contributed by atoms with van der Waals surface area (Å²) < 4.78 is 41.0. The number of nitrogens with zero attached hydrogens (tertiary/aromatic N) is 2. The van der Waals surface area contributed by atoms with E-state index in [1.807, 2.05) is 44.2 Å². The number of benzene rings is 2. The van der Waals surface area contributed by atoms with E-state index in [2.05, 4.69) is 10.4 Å². The van der Waals surface area contributed by atoms with Gasteiger partial charge >= 0.3 is 6.18 Å². The second-order valence-electron chi connectivity index (χ2n) is 7.08. The van der Waals surface area contributed by atoms with Crippen molar-refractivity contribution >= 4 is 5.91 Å². The van der Waals surface area contributed by atoms with E-state index < -0.39 is 17.8 Å². The number of para-hydroxylation sites is 1. The molecule has 1 aromatic heterocycles. The SMILES string of the molecule is CC(C)c1nn(-c2ccccc2)c2c1C(c1cccc(C(F)(F)F)c1)NC2=O. The molecule has 1 aliphatic rings. The zero-order chi connectivity index (χ0) is 20.1. The number of carbonyl (C=O) groups excluding carboxylic acids is 1. The van der Waals surface area contributed by atoms with Gasteiger partial charge in [0.1, 0.15) is 5.69 Å². The van der Waals surface area contributed by atoms with Gasteiger partial charge in [0.15, 0.2) is 0 Å². The molecular formula is C21H18F3N3O. The van der Waals surface area contributed by atoms with Crippen LogP contribution < -0.4 is 5.32 Å². The van der Waals surface area contributed by atoms with Crippen LogP contribution in [0.2, 0.25) is 0 Å². The van der Waals surface area contributed by atoms with Gasteiger partial charge in [-0.15, -0.1) is 0 Å². The van der Waals surface area contributed by atoms with Crippen LogP contribution in [0.15, 0.2) is 54.6 Å². The lowest BCUT2D eigenvalue weighted by molar-refractivity contribution is -0.137. The highest BCUT2D eigenvalue weighted by molar-refractivity contribution is 5.99. The molecule has 0 saturated heterocycles. The molecule has 1 atom stereocenters. The third-order valence-corrected chi connectivity index (χ3v) is 4.82. The molecule has 1 N–H and O–H groups in total. The minimum Gasteiger partial charge on any atom is -0.340 e. The van der Waals surface area contributed by atoms with Gasteiger partial charge in [-0.05, 0) is 35.7 Å². The molecule has 0 aliphatic carbocycles.